The predicted molar refractivity (Wildman–Crippen MR) is 58.5 cm³/mol. The number of nitrogens with one attached hydrogen (secondary N) is 1. The normalized spacial score (nSPS) is 21.6. The van der Waals surface area contributed by atoms with E-state index >= 15 is 0 Å². The van der Waals surface area contributed by atoms with E-state index in [1.807, 2.05) is 7.05 Å². The number of amides is 1. The average Bonchev–Trinajstić information content (AvgIpc) is 2.26. The Morgan fingerprint density at radius 3 is 2.76 bits per heavy atom. The van der Waals surface area contributed by atoms with Crippen LogP contribution in [0.4, 0.5) is 13.2 Å². The van der Waals surface area contributed by atoms with Gasteiger partial charge in [-0.1, -0.05) is 0 Å². The first-order valence-electron chi connectivity index (χ1n) is 5.91. The van der Waals surface area contributed by atoms with Gasteiger partial charge in [0.2, 0.25) is 5.91 Å². The molecule has 1 aliphatic heterocycles. The number of piperidine rings is 1. The summed E-state index contributed by atoms with van der Waals surface area (Å²) in [6.07, 6.45) is -3.77. The smallest absolute Gasteiger partial charge is 0.342 e. The van der Waals surface area contributed by atoms with Crippen molar-refractivity contribution in [2.45, 2.75) is 31.9 Å². The monoisotopic (exact) mass is 252 g/mol. The third-order valence-electron chi connectivity index (χ3n) is 2.99. The molecule has 0 saturated carbocycles. The Bertz CT molecular complexity index is 254. The maximum atomic E-state index is 12.0. The van der Waals surface area contributed by atoms with Crippen LogP contribution < -0.4 is 5.32 Å². The third-order valence-corrected chi connectivity index (χ3v) is 2.99. The summed E-state index contributed by atoms with van der Waals surface area (Å²) in [5, 5.41) is 3.04. The van der Waals surface area contributed by atoms with Crippen LogP contribution in [0.1, 0.15) is 25.7 Å². The Morgan fingerprint density at radius 2 is 2.18 bits per heavy atom. The molecule has 1 N–H and O–H groups in total. The number of hydrogen-bond donors (Lipinski definition) is 1. The zero-order valence-corrected chi connectivity index (χ0v) is 10.0. The van der Waals surface area contributed by atoms with Crippen LogP contribution in [-0.2, 0) is 4.79 Å². The molecule has 1 unspecified atom stereocenters. The maximum Gasteiger partial charge on any atom is 0.389 e. The van der Waals surface area contributed by atoms with Gasteiger partial charge in [0.25, 0.3) is 0 Å². The molecular formula is C11H19F3N2O. The Morgan fingerprint density at radius 1 is 1.47 bits per heavy atom. The van der Waals surface area contributed by atoms with E-state index in [1.54, 1.807) is 4.90 Å². The molecule has 17 heavy (non-hydrogen) atoms. The molecule has 0 spiro atoms. The highest BCUT2D eigenvalue weighted by atomic mass is 19.4. The van der Waals surface area contributed by atoms with Crippen molar-refractivity contribution in [3.05, 3.63) is 0 Å². The zero-order valence-electron chi connectivity index (χ0n) is 10.0. The van der Waals surface area contributed by atoms with Gasteiger partial charge in [-0.05, 0) is 32.4 Å². The first kappa shape index (κ1) is 14.3. The average molecular weight is 252 g/mol. The molecule has 0 aromatic carbocycles. The van der Waals surface area contributed by atoms with Gasteiger partial charge in [-0.25, -0.2) is 0 Å². The van der Waals surface area contributed by atoms with Gasteiger partial charge in [0.1, 0.15) is 0 Å². The highest BCUT2D eigenvalue weighted by Gasteiger charge is 2.30. The number of carbonyl (C=O) groups excluding carboxylic acids is 1. The van der Waals surface area contributed by atoms with Gasteiger partial charge in [0.05, 0.1) is 6.42 Å². The molecule has 0 radical (unpaired) electrons. The fourth-order valence-corrected chi connectivity index (χ4v) is 2.15. The molecule has 1 atom stereocenters. The number of hydrogen-bond acceptors (Lipinski definition) is 2. The summed E-state index contributed by atoms with van der Waals surface area (Å²) in [6.45, 7) is 1.98. The molecule has 1 amide bonds. The maximum absolute atomic E-state index is 12.0. The van der Waals surface area contributed by atoms with Crippen LogP contribution in [-0.4, -0.2) is 43.7 Å². The third kappa shape index (κ3) is 5.39. The van der Waals surface area contributed by atoms with Gasteiger partial charge in [0, 0.05) is 19.5 Å². The largest absolute Gasteiger partial charge is 0.389 e. The molecule has 100 valence electrons. The second-order valence-electron chi connectivity index (χ2n) is 4.52. The summed E-state index contributed by atoms with van der Waals surface area (Å²) >= 11 is 0. The van der Waals surface area contributed by atoms with Crippen molar-refractivity contribution in [1.82, 2.24) is 10.2 Å². The molecule has 0 aliphatic carbocycles. The van der Waals surface area contributed by atoms with Gasteiger partial charge in [-0.15, -0.1) is 0 Å². The van der Waals surface area contributed by atoms with Crippen LogP contribution in [0.25, 0.3) is 0 Å². The number of likely N-dealkylation sites (tertiary alicyclic amines) is 1. The van der Waals surface area contributed by atoms with Crippen LogP contribution in [0.15, 0.2) is 0 Å². The van der Waals surface area contributed by atoms with E-state index in [4.69, 9.17) is 0 Å². The van der Waals surface area contributed by atoms with E-state index < -0.39 is 19.0 Å². The Balaban J connectivity index is 2.36. The fourth-order valence-electron chi connectivity index (χ4n) is 2.15. The Labute approximate surface area is 99.4 Å². The fraction of sp³-hybridized carbons (Fsp3) is 0.909. The van der Waals surface area contributed by atoms with Crippen molar-refractivity contribution < 1.29 is 18.0 Å². The van der Waals surface area contributed by atoms with Gasteiger partial charge >= 0.3 is 6.18 Å². The van der Waals surface area contributed by atoms with E-state index in [0.29, 0.717) is 19.0 Å². The molecule has 1 rings (SSSR count). The summed E-state index contributed by atoms with van der Waals surface area (Å²) < 4.78 is 36.0. The van der Waals surface area contributed by atoms with Crippen LogP contribution in [0, 0.1) is 5.92 Å². The second-order valence-corrected chi connectivity index (χ2v) is 4.52. The summed E-state index contributed by atoms with van der Waals surface area (Å²) in [4.78, 5) is 13.2. The second kappa shape index (κ2) is 6.23. The van der Waals surface area contributed by atoms with Crippen molar-refractivity contribution in [1.29, 1.82) is 0 Å². The van der Waals surface area contributed by atoms with Crippen LogP contribution >= 0.6 is 0 Å². The number of alkyl halides is 3. The highest BCUT2D eigenvalue weighted by Crippen LogP contribution is 2.23. The lowest BCUT2D eigenvalue weighted by Crippen LogP contribution is -2.42. The number of rotatable bonds is 4. The van der Waals surface area contributed by atoms with Gasteiger partial charge in [-0.2, -0.15) is 13.2 Å². The molecular weight excluding hydrogens is 233 g/mol. The zero-order chi connectivity index (χ0) is 12.9. The summed E-state index contributed by atoms with van der Waals surface area (Å²) in [7, 11) is 1.84. The van der Waals surface area contributed by atoms with Crippen molar-refractivity contribution in [3.63, 3.8) is 0 Å². The molecule has 0 aromatic heterocycles. The van der Waals surface area contributed by atoms with Crippen molar-refractivity contribution in [3.8, 4) is 0 Å². The highest BCUT2D eigenvalue weighted by molar-refractivity contribution is 5.76. The van der Waals surface area contributed by atoms with E-state index in [1.165, 1.54) is 0 Å². The first-order chi connectivity index (χ1) is 7.92. The molecule has 0 bridgehead atoms. The lowest BCUT2D eigenvalue weighted by atomic mass is 9.97. The standard InChI is InChI=1S/C11H19F3N2O/c1-15-7-9-3-2-6-16(8-9)10(17)4-5-11(12,13)14/h9,15H,2-8H2,1H3. The van der Waals surface area contributed by atoms with Gasteiger partial charge in [0.15, 0.2) is 0 Å². The molecule has 1 fully saturated rings. The van der Waals surface area contributed by atoms with Crippen LogP contribution in [0.5, 0.6) is 0 Å². The summed E-state index contributed by atoms with van der Waals surface area (Å²) in [6, 6.07) is 0. The SMILES string of the molecule is CNCC1CCCN(C(=O)CCC(F)(F)F)C1. The van der Waals surface area contributed by atoms with E-state index in [-0.39, 0.29) is 5.91 Å². The molecule has 3 nitrogen and oxygen atoms in total. The predicted octanol–water partition coefficient (Wildman–Crippen LogP) is 1.79. The van der Waals surface area contributed by atoms with E-state index in [0.717, 1.165) is 19.4 Å². The Hall–Kier alpha value is -0.780. The minimum absolute atomic E-state index is 0.364. The quantitative estimate of drug-likeness (QED) is 0.827. The Kier molecular flexibility index (Phi) is 5.24. The number of nitrogens with zero attached hydrogens (tertiary/aromatic N) is 1. The van der Waals surface area contributed by atoms with Gasteiger partial charge < -0.3 is 10.2 Å². The van der Waals surface area contributed by atoms with Crippen molar-refractivity contribution >= 4 is 5.91 Å². The van der Waals surface area contributed by atoms with E-state index in [2.05, 4.69) is 5.32 Å². The summed E-state index contributed by atoms with van der Waals surface area (Å²) in [5.74, 6) is -0.00767. The lowest BCUT2D eigenvalue weighted by Gasteiger charge is -2.32. The topological polar surface area (TPSA) is 32.3 Å². The first-order valence-corrected chi connectivity index (χ1v) is 5.91. The van der Waals surface area contributed by atoms with E-state index in [9.17, 15) is 18.0 Å². The molecule has 1 aliphatic rings. The van der Waals surface area contributed by atoms with Crippen molar-refractivity contribution in [2.24, 2.45) is 5.92 Å². The summed E-state index contributed by atoms with van der Waals surface area (Å²) in [5.41, 5.74) is 0. The van der Waals surface area contributed by atoms with Crippen LogP contribution in [0.3, 0.4) is 0 Å². The molecule has 0 aromatic rings. The minimum Gasteiger partial charge on any atom is -0.342 e. The van der Waals surface area contributed by atoms with Crippen LogP contribution in [0.2, 0.25) is 0 Å². The lowest BCUT2D eigenvalue weighted by molar-refractivity contribution is -0.150. The van der Waals surface area contributed by atoms with Crippen molar-refractivity contribution in [2.75, 3.05) is 26.7 Å². The number of halogens is 3. The molecule has 1 heterocycles. The molecule has 6 heteroatoms. The number of carbonyl (C=O) groups is 1. The minimum atomic E-state index is -4.24. The van der Waals surface area contributed by atoms with Gasteiger partial charge in [-0.3, -0.25) is 4.79 Å². The molecule has 1 saturated heterocycles.